The van der Waals surface area contributed by atoms with Gasteiger partial charge >= 0.3 is 0 Å². The normalized spacial score (nSPS) is 45.7. The minimum absolute atomic E-state index is 0.0210. The highest BCUT2D eigenvalue weighted by Gasteiger charge is 2.54. The van der Waals surface area contributed by atoms with Crippen molar-refractivity contribution in [2.45, 2.75) is 18.4 Å². The molecule has 2 rings (SSSR count). The second-order valence-corrected chi connectivity index (χ2v) is 4.08. The van der Waals surface area contributed by atoms with Crippen molar-refractivity contribution in [3.63, 3.8) is 0 Å². The second-order valence-electron chi connectivity index (χ2n) is 4.08. The molecule has 2 heterocycles. The molecule has 13 heavy (non-hydrogen) atoms. The summed E-state index contributed by atoms with van der Waals surface area (Å²) in [6.07, 6.45) is 1.33. The zero-order valence-electron chi connectivity index (χ0n) is 7.66. The summed E-state index contributed by atoms with van der Waals surface area (Å²) in [5.74, 6) is 0. The molecule has 0 amide bonds. The Morgan fingerprint density at radius 2 is 1.77 bits per heavy atom. The van der Waals surface area contributed by atoms with Gasteiger partial charge in [0.15, 0.2) is 0 Å². The maximum Gasteiger partial charge on any atom is 0.100 e. The number of ether oxygens (including phenoxy) is 2. The Morgan fingerprint density at radius 3 is 2.23 bits per heavy atom. The van der Waals surface area contributed by atoms with E-state index in [1.54, 1.807) is 0 Å². The van der Waals surface area contributed by atoms with Crippen LogP contribution in [0.2, 0.25) is 0 Å². The molecule has 2 atom stereocenters. The molecule has 0 aromatic carbocycles. The zero-order chi connectivity index (χ0) is 9.36. The monoisotopic (exact) mass is 188 g/mol. The van der Waals surface area contributed by atoms with E-state index >= 15 is 0 Å². The van der Waals surface area contributed by atoms with Crippen LogP contribution in [0.1, 0.15) is 12.8 Å². The number of hydrogen-bond donors (Lipinski definition) is 2. The fourth-order valence-electron chi connectivity index (χ4n) is 2.22. The zero-order valence-corrected chi connectivity index (χ0v) is 7.66. The van der Waals surface area contributed by atoms with Crippen molar-refractivity contribution in [1.82, 2.24) is 0 Å². The van der Waals surface area contributed by atoms with Crippen LogP contribution in [0, 0.1) is 5.41 Å². The highest BCUT2D eigenvalue weighted by atomic mass is 16.5. The lowest BCUT2D eigenvalue weighted by Gasteiger charge is -2.38. The van der Waals surface area contributed by atoms with Crippen molar-refractivity contribution in [2.24, 2.45) is 5.41 Å². The third-order valence-corrected chi connectivity index (χ3v) is 3.39. The number of hydrogen-bond acceptors (Lipinski definition) is 4. The lowest BCUT2D eigenvalue weighted by Crippen LogP contribution is -2.51. The van der Waals surface area contributed by atoms with Gasteiger partial charge in [0.25, 0.3) is 0 Å². The van der Waals surface area contributed by atoms with Crippen molar-refractivity contribution in [2.75, 3.05) is 33.0 Å². The van der Waals surface area contributed by atoms with Gasteiger partial charge in [0.05, 0.1) is 25.2 Å². The van der Waals surface area contributed by atoms with E-state index in [0.717, 1.165) is 6.42 Å². The third-order valence-electron chi connectivity index (χ3n) is 3.39. The van der Waals surface area contributed by atoms with Crippen LogP contribution in [0.3, 0.4) is 0 Å². The number of rotatable bonds is 2. The van der Waals surface area contributed by atoms with Crippen molar-refractivity contribution < 1.29 is 19.7 Å². The first-order valence-electron chi connectivity index (χ1n) is 4.71. The first-order chi connectivity index (χ1) is 6.22. The van der Waals surface area contributed by atoms with Gasteiger partial charge in [-0.2, -0.15) is 0 Å². The van der Waals surface area contributed by atoms with E-state index in [4.69, 9.17) is 9.47 Å². The van der Waals surface area contributed by atoms with E-state index in [1.165, 1.54) is 0 Å². The highest BCUT2D eigenvalue weighted by molar-refractivity contribution is 5.02. The van der Waals surface area contributed by atoms with Crippen LogP contribution in [0.5, 0.6) is 0 Å². The van der Waals surface area contributed by atoms with E-state index in [-0.39, 0.29) is 6.61 Å². The molecule has 2 aliphatic heterocycles. The van der Waals surface area contributed by atoms with Crippen molar-refractivity contribution >= 4 is 0 Å². The summed E-state index contributed by atoms with van der Waals surface area (Å²) >= 11 is 0. The Hall–Kier alpha value is -0.160. The van der Waals surface area contributed by atoms with Gasteiger partial charge < -0.3 is 19.7 Å². The Bertz CT molecular complexity index is 180. The third kappa shape index (κ3) is 1.29. The lowest BCUT2D eigenvalue weighted by molar-refractivity contribution is -0.111. The van der Waals surface area contributed by atoms with E-state index in [1.807, 2.05) is 0 Å². The molecule has 0 radical (unpaired) electrons. The van der Waals surface area contributed by atoms with E-state index < -0.39 is 11.0 Å². The summed E-state index contributed by atoms with van der Waals surface area (Å²) in [4.78, 5) is 0. The minimum Gasteiger partial charge on any atom is -0.396 e. The first kappa shape index (κ1) is 9.40. The van der Waals surface area contributed by atoms with Crippen LogP contribution in [0.25, 0.3) is 0 Å². The smallest absolute Gasteiger partial charge is 0.100 e. The Kier molecular flexibility index (Phi) is 2.32. The average Bonchev–Trinajstić information content (AvgIpc) is 2.73. The van der Waals surface area contributed by atoms with E-state index in [9.17, 15) is 10.2 Å². The van der Waals surface area contributed by atoms with Gasteiger partial charge in [-0.05, 0) is 6.42 Å². The largest absolute Gasteiger partial charge is 0.396 e. The summed E-state index contributed by atoms with van der Waals surface area (Å²) in [6, 6.07) is 0. The Labute approximate surface area is 77.5 Å². The van der Waals surface area contributed by atoms with E-state index in [0.29, 0.717) is 32.8 Å². The molecule has 4 heteroatoms. The molecule has 0 bridgehead atoms. The van der Waals surface area contributed by atoms with Crippen molar-refractivity contribution in [3.05, 3.63) is 0 Å². The Balaban J connectivity index is 2.18. The molecular weight excluding hydrogens is 172 g/mol. The van der Waals surface area contributed by atoms with Gasteiger partial charge in [0, 0.05) is 19.6 Å². The molecular formula is C9H16O4. The minimum atomic E-state index is -0.877. The van der Waals surface area contributed by atoms with Gasteiger partial charge in [-0.1, -0.05) is 0 Å². The van der Waals surface area contributed by atoms with Crippen LogP contribution >= 0.6 is 0 Å². The molecule has 2 saturated heterocycles. The van der Waals surface area contributed by atoms with Crippen LogP contribution in [0.4, 0.5) is 0 Å². The maximum absolute atomic E-state index is 10.3. The summed E-state index contributed by atoms with van der Waals surface area (Å²) in [5.41, 5.74) is -1.36. The Morgan fingerprint density at radius 1 is 1.08 bits per heavy atom. The first-order valence-corrected chi connectivity index (χ1v) is 4.71. The lowest BCUT2D eigenvalue weighted by atomic mass is 9.71. The molecule has 76 valence electrons. The average molecular weight is 188 g/mol. The van der Waals surface area contributed by atoms with Gasteiger partial charge in [0.2, 0.25) is 0 Å². The van der Waals surface area contributed by atoms with Gasteiger partial charge in [-0.15, -0.1) is 0 Å². The molecule has 0 aliphatic carbocycles. The molecule has 2 aliphatic rings. The van der Waals surface area contributed by atoms with E-state index in [2.05, 4.69) is 0 Å². The number of aliphatic hydroxyl groups is 2. The second kappa shape index (κ2) is 3.20. The van der Waals surface area contributed by atoms with Crippen LogP contribution in [-0.4, -0.2) is 48.8 Å². The molecule has 0 spiro atoms. The predicted octanol–water partition coefficient (Wildman–Crippen LogP) is -0.463. The van der Waals surface area contributed by atoms with Crippen molar-refractivity contribution in [1.29, 1.82) is 0 Å². The van der Waals surface area contributed by atoms with Crippen LogP contribution < -0.4 is 0 Å². The van der Waals surface area contributed by atoms with Gasteiger partial charge in [-0.25, -0.2) is 0 Å². The van der Waals surface area contributed by atoms with Gasteiger partial charge in [0.1, 0.15) is 5.60 Å². The molecule has 2 N–H and O–H groups in total. The highest BCUT2D eigenvalue weighted by Crippen LogP contribution is 2.43. The molecule has 4 nitrogen and oxygen atoms in total. The SMILES string of the molecule is OCC1(C2(O)CCOC2)CCOC1. The summed E-state index contributed by atoms with van der Waals surface area (Å²) in [5, 5.41) is 19.6. The van der Waals surface area contributed by atoms with Gasteiger partial charge in [-0.3, -0.25) is 0 Å². The summed E-state index contributed by atoms with van der Waals surface area (Å²) < 4.78 is 10.4. The molecule has 0 aromatic heterocycles. The predicted molar refractivity (Wildman–Crippen MR) is 45.3 cm³/mol. The summed E-state index contributed by atoms with van der Waals surface area (Å²) in [7, 11) is 0. The quantitative estimate of drug-likeness (QED) is 0.615. The molecule has 0 saturated carbocycles. The molecule has 2 fully saturated rings. The standard InChI is InChI=1S/C9H16O4/c10-5-8(1-3-12-6-8)9(11)2-4-13-7-9/h10-11H,1-7H2. The molecule has 0 aromatic rings. The topological polar surface area (TPSA) is 58.9 Å². The number of aliphatic hydroxyl groups excluding tert-OH is 1. The fraction of sp³-hybridized carbons (Fsp3) is 1.00. The fourth-order valence-corrected chi connectivity index (χ4v) is 2.22. The maximum atomic E-state index is 10.3. The van der Waals surface area contributed by atoms with Crippen molar-refractivity contribution in [3.8, 4) is 0 Å². The summed E-state index contributed by atoms with van der Waals surface area (Å²) in [6.45, 7) is 1.97. The van der Waals surface area contributed by atoms with Crippen LogP contribution in [-0.2, 0) is 9.47 Å². The van der Waals surface area contributed by atoms with Crippen LogP contribution in [0.15, 0.2) is 0 Å². The molecule has 2 unspecified atom stereocenters.